The van der Waals surface area contributed by atoms with Crippen LogP contribution in [0.3, 0.4) is 0 Å². The second-order valence-electron chi connectivity index (χ2n) is 3.36. The van der Waals surface area contributed by atoms with Crippen LogP contribution < -0.4 is 0 Å². The lowest BCUT2D eigenvalue weighted by atomic mass is 10.2. The van der Waals surface area contributed by atoms with Crippen molar-refractivity contribution >= 4 is 5.97 Å². The highest BCUT2D eigenvalue weighted by molar-refractivity contribution is 5.81. The van der Waals surface area contributed by atoms with Crippen LogP contribution in [0.1, 0.15) is 29.5 Å². The first-order valence-corrected chi connectivity index (χ1v) is 4.72. The third-order valence-electron chi connectivity index (χ3n) is 2.11. The van der Waals surface area contributed by atoms with Gasteiger partial charge in [-0.15, -0.1) is 0 Å². The Bertz CT molecular complexity index is 477. The van der Waals surface area contributed by atoms with Crippen LogP contribution in [0.15, 0.2) is 23.0 Å². The molecule has 16 heavy (non-hydrogen) atoms. The van der Waals surface area contributed by atoms with E-state index in [0.29, 0.717) is 12.2 Å². The maximum atomic E-state index is 10.5. The lowest BCUT2D eigenvalue weighted by molar-refractivity contribution is 0.0643. The van der Waals surface area contributed by atoms with Gasteiger partial charge in [0, 0.05) is 18.8 Å². The molecule has 0 saturated heterocycles. The van der Waals surface area contributed by atoms with Gasteiger partial charge in [-0.2, -0.15) is 10.1 Å². The van der Waals surface area contributed by atoms with Gasteiger partial charge in [-0.1, -0.05) is 5.16 Å². The van der Waals surface area contributed by atoms with Gasteiger partial charge in [0.2, 0.25) is 0 Å². The van der Waals surface area contributed by atoms with Crippen LogP contribution in [0.4, 0.5) is 0 Å². The van der Waals surface area contributed by atoms with Gasteiger partial charge in [-0.3, -0.25) is 4.68 Å². The summed E-state index contributed by atoms with van der Waals surface area (Å²) < 4.78 is 6.30. The van der Waals surface area contributed by atoms with Crippen LogP contribution >= 0.6 is 0 Å². The van der Waals surface area contributed by atoms with Crippen LogP contribution in [-0.4, -0.2) is 31.0 Å². The van der Waals surface area contributed by atoms with Gasteiger partial charge in [0.05, 0.1) is 6.04 Å². The lowest BCUT2D eigenvalue weighted by Crippen LogP contribution is -2.09. The Morgan fingerprint density at radius 1 is 1.69 bits per heavy atom. The molecule has 1 N–H and O–H groups in total. The number of carboxylic acids is 1. The number of carbonyl (C=O) groups is 1. The van der Waals surface area contributed by atoms with E-state index in [1.54, 1.807) is 10.9 Å². The first-order valence-electron chi connectivity index (χ1n) is 4.72. The van der Waals surface area contributed by atoms with E-state index in [-0.39, 0.29) is 11.9 Å². The molecule has 0 aliphatic rings. The fourth-order valence-electron chi connectivity index (χ4n) is 1.32. The first-order chi connectivity index (χ1) is 7.66. The quantitative estimate of drug-likeness (QED) is 0.820. The van der Waals surface area contributed by atoms with Crippen LogP contribution in [-0.2, 0) is 6.42 Å². The Kier molecular flexibility index (Phi) is 2.67. The van der Waals surface area contributed by atoms with Crippen LogP contribution in [0.2, 0.25) is 0 Å². The summed E-state index contributed by atoms with van der Waals surface area (Å²) in [7, 11) is 0. The molecule has 2 aromatic rings. The van der Waals surface area contributed by atoms with Gasteiger partial charge in [0.15, 0.2) is 5.82 Å². The zero-order chi connectivity index (χ0) is 11.5. The molecule has 0 amide bonds. The van der Waals surface area contributed by atoms with E-state index in [1.165, 1.54) is 0 Å². The van der Waals surface area contributed by atoms with Crippen LogP contribution in [0, 0.1) is 0 Å². The molecule has 2 aromatic heterocycles. The van der Waals surface area contributed by atoms with Gasteiger partial charge >= 0.3 is 11.9 Å². The fraction of sp³-hybridized carbons (Fsp3) is 0.333. The minimum atomic E-state index is -1.22. The molecule has 0 radical (unpaired) electrons. The predicted molar refractivity (Wildman–Crippen MR) is 51.9 cm³/mol. The van der Waals surface area contributed by atoms with E-state index in [4.69, 9.17) is 5.11 Å². The number of aromatic carboxylic acids is 1. The number of aromatic nitrogens is 4. The molecule has 0 aliphatic carbocycles. The van der Waals surface area contributed by atoms with E-state index < -0.39 is 5.97 Å². The maximum Gasteiger partial charge on any atom is 0.394 e. The van der Waals surface area contributed by atoms with Crippen molar-refractivity contribution in [3.05, 3.63) is 30.2 Å². The highest BCUT2D eigenvalue weighted by Gasteiger charge is 2.15. The van der Waals surface area contributed by atoms with Crippen molar-refractivity contribution in [2.75, 3.05) is 0 Å². The van der Waals surface area contributed by atoms with Gasteiger partial charge in [-0.05, 0) is 13.0 Å². The zero-order valence-electron chi connectivity index (χ0n) is 8.57. The van der Waals surface area contributed by atoms with Crippen molar-refractivity contribution in [3.8, 4) is 0 Å². The monoisotopic (exact) mass is 222 g/mol. The number of nitrogens with zero attached hydrogens (tertiary/aromatic N) is 4. The molecule has 2 heterocycles. The summed E-state index contributed by atoms with van der Waals surface area (Å²) in [6, 6.07) is 1.87. The first kappa shape index (κ1) is 10.3. The average Bonchev–Trinajstić information content (AvgIpc) is 2.87. The van der Waals surface area contributed by atoms with E-state index in [2.05, 4.69) is 19.8 Å². The molecular formula is C9H10N4O3. The summed E-state index contributed by atoms with van der Waals surface area (Å²) in [5.74, 6) is -1.24. The van der Waals surface area contributed by atoms with Crippen LogP contribution in [0.25, 0.3) is 0 Å². The minimum absolute atomic E-state index is 0.0502. The number of carboxylic acid groups (broad SMARTS) is 1. The molecular weight excluding hydrogens is 212 g/mol. The minimum Gasteiger partial charge on any atom is -0.474 e. The van der Waals surface area contributed by atoms with Crippen molar-refractivity contribution in [2.24, 2.45) is 0 Å². The van der Waals surface area contributed by atoms with Gasteiger partial charge < -0.3 is 9.63 Å². The standard InChI is InChI=1S/C9H10N4O3/c1-6(13-4-2-3-10-13)5-7-11-8(9(14)15)16-12-7/h2-4,6H,5H2,1H3,(H,14,15)/t6-/m1/s1. The zero-order valence-corrected chi connectivity index (χ0v) is 8.57. The Labute approximate surface area is 90.7 Å². The number of hydrogen-bond donors (Lipinski definition) is 1. The molecule has 7 nitrogen and oxygen atoms in total. The van der Waals surface area contributed by atoms with Crippen molar-refractivity contribution < 1.29 is 14.4 Å². The molecule has 7 heteroatoms. The summed E-state index contributed by atoms with van der Waals surface area (Å²) in [5.41, 5.74) is 0. The maximum absolute atomic E-state index is 10.5. The normalized spacial score (nSPS) is 12.6. The molecule has 84 valence electrons. The lowest BCUT2D eigenvalue weighted by Gasteiger charge is -2.08. The summed E-state index contributed by atoms with van der Waals surface area (Å²) in [4.78, 5) is 14.3. The Morgan fingerprint density at radius 2 is 2.50 bits per heavy atom. The van der Waals surface area contributed by atoms with E-state index >= 15 is 0 Å². The molecule has 2 rings (SSSR count). The highest BCUT2D eigenvalue weighted by Crippen LogP contribution is 2.10. The number of rotatable bonds is 4. The molecule has 0 saturated carbocycles. The van der Waals surface area contributed by atoms with E-state index in [1.807, 2.05) is 19.2 Å². The molecule has 0 bridgehead atoms. The smallest absolute Gasteiger partial charge is 0.394 e. The van der Waals surface area contributed by atoms with Crippen molar-refractivity contribution in [3.63, 3.8) is 0 Å². The topological polar surface area (TPSA) is 94.0 Å². The molecule has 0 unspecified atom stereocenters. The van der Waals surface area contributed by atoms with Crippen LogP contribution in [0.5, 0.6) is 0 Å². The Hall–Kier alpha value is -2.18. The van der Waals surface area contributed by atoms with Gasteiger partial charge in [-0.25, -0.2) is 4.79 Å². The summed E-state index contributed by atoms with van der Waals surface area (Å²) >= 11 is 0. The summed E-state index contributed by atoms with van der Waals surface area (Å²) in [6.07, 6.45) is 3.97. The van der Waals surface area contributed by atoms with Crippen molar-refractivity contribution in [1.29, 1.82) is 0 Å². The van der Waals surface area contributed by atoms with E-state index in [9.17, 15) is 4.79 Å². The average molecular weight is 222 g/mol. The van der Waals surface area contributed by atoms with E-state index in [0.717, 1.165) is 0 Å². The predicted octanol–water partition coefficient (Wildman–Crippen LogP) is 0.768. The van der Waals surface area contributed by atoms with Crippen molar-refractivity contribution in [2.45, 2.75) is 19.4 Å². The summed E-state index contributed by atoms with van der Waals surface area (Å²) in [6.45, 7) is 1.93. The molecule has 0 spiro atoms. The third kappa shape index (κ3) is 2.08. The SMILES string of the molecule is C[C@H](Cc1noc(C(=O)O)n1)n1cccn1. The Balaban J connectivity index is 2.06. The molecule has 0 fully saturated rings. The molecule has 0 aliphatic heterocycles. The van der Waals surface area contributed by atoms with Gasteiger partial charge in [0.1, 0.15) is 0 Å². The third-order valence-corrected chi connectivity index (χ3v) is 2.11. The molecule has 1 atom stereocenters. The number of hydrogen-bond acceptors (Lipinski definition) is 5. The second-order valence-corrected chi connectivity index (χ2v) is 3.36. The fourth-order valence-corrected chi connectivity index (χ4v) is 1.32. The largest absolute Gasteiger partial charge is 0.474 e. The second kappa shape index (κ2) is 4.13. The van der Waals surface area contributed by atoms with Crippen molar-refractivity contribution in [1.82, 2.24) is 19.9 Å². The highest BCUT2D eigenvalue weighted by atomic mass is 16.5. The molecule has 0 aromatic carbocycles. The summed E-state index contributed by atoms with van der Waals surface area (Å²) in [5, 5.41) is 16.3. The van der Waals surface area contributed by atoms with Gasteiger partial charge in [0.25, 0.3) is 0 Å². The Morgan fingerprint density at radius 3 is 3.06 bits per heavy atom.